The molecule has 1 saturated heterocycles. The van der Waals surface area contributed by atoms with Crippen molar-refractivity contribution in [2.24, 2.45) is 5.92 Å². The van der Waals surface area contributed by atoms with E-state index in [1.807, 2.05) is 50.2 Å². The zero-order valence-corrected chi connectivity index (χ0v) is 21.5. The van der Waals surface area contributed by atoms with Gasteiger partial charge in [-0.3, -0.25) is 4.79 Å². The predicted molar refractivity (Wildman–Crippen MR) is 144 cm³/mol. The van der Waals surface area contributed by atoms with Crippen LogP contribution in [0.3, 0.4) is 0 Å². The quantitative estimate of drug-likeness (QED) is 0.315. The number of fused-ring (bicyclic) bond motifs is 1. The fourth-order valence-electron chi connectivity index (χ4n) is 4.81. The lowest BCUT2D eigenvalue weighted by Crippen LogP contribution is -2.36. The number of hydrogen-bond acceptors (Lipinski definition) is 5. The SMILES string of the molecule is CC(C)CN(Cc1cccc(-c2ccc3ncnc(N4CCOCC4)c3c2)c1)C(=O)c1ccc(F)cc1F. The molecule has 6 nitrogen and oxygen atoms in total. The molecule has 0 unspecified atom stereocenters. The minimum Gasteiger partial charge on any atom is -0.378 e. The van der Waals surface area contributed by atoms with Crippen LogP contribution in [0.15, 0.2) is 67.0 Å². The Morgan fingerprint density at radius 3 is 2.55 bits per heavy atom. The Bertz CT molecular complexity index is 1450. The monoisotopic (exact) mass is 516 g/mol. The van der Waals surface area contributed by atoms with Crippen LogP contribution >= 0.6 is 0 Å². The molecule has 1 aromatic heterocycles. The minimum absolute atomic E-state index is 0.131. The molecular weight excluding hydrogens is 486 g/mol. The van der Waals surface area contributed by atoms with Crippen molar-refractivity contribution in [3.8, 4) is 11.1 Å². The van der Waals surface area contributed by atoms with Gasteiger partial charge in [-0.25, -0.2) is 18.7 Å². The number of ether oxygens (including phenoxy) is 1. The molecule has 0 bridgehead atoms. The second-order valence-corrected chi connectivity index (χ2v) is 9.93. The van der Waals surface area contributed by atoms with Crippen molar-refractivity contribution in [1.82, 2.24) is 14.9 Å². The first-order valence-corrected chi connectivity index (χ1v) is 12.8. The summed E-state index contributed by atoms with van der Waals surface area (Å²) in [6.45, 7) is 7.64. The first-order valence-electron chi connectivity index (χ1n) is 12.8. The number of rotatable bonds is 7. The number of benzene rings is 3. The van der Waals surface area contributed by atoms with Gasteiger partial charge in [-0.15, -0.1) is 0 Å². The van der Waals surface area contributed by atoms with Crippen LogP contribution in [-0.4, -0.2) is 53.6 Å². The normalized spacial score (nSPS) is 13.8. The third kappa shape index (κ3) is 5.65. The maximum absolute atomic E-state index is 14.4. The van der Waals surface area contributed by atoms with Crippen LogP contribution in [0.4, 0.5) is 14.6 Å². The molecule has 5 rings (SSSR count). The van der Waals surface area contributed by atoms with Gasteiger partial charge >= 0.3 is 0 Å². The van der Waals surface area contributed by atoms with Gasteiger partial charge in [0.1, 0.15) is 23.8 Å². The zero-order valence-electron chi connectivity index (χ0n) is 21.5. The van der Waals surface area contributed by atoms with Crippen molar-refractivity contribution in [3.63, 3.8) is 0 Å². The molecule has 4 aromatic rings. The van der Waals surface area contributed by atoms with Gasteiger partial charge < -0.3 is 14.5 Å². The van der Waals surface area contributed by atoms with E-state index in [-0.39, 0.29) is 11.5 Å². The maximum atomic E-state index is 14.4. The van der Waals surface area contributed by atoms with Gasteiger partial charge in [0.15, 0.2) is 0 Å². The van der Waals surface area contributed by atoms with Crippen LogP contribution in [0.1, 0.15) is 29.8 Å². The molecule has 0 atom stereocenters. The molecule has 1 amide bonds. The number of aromatic nitrogens is 2. The van der Waals surface area contributed by atoms with Crippen LogP contribution in [0, 0.1) is 17.6 Å². The molecule has 1 fully saturated rings. The molecule has 1 aliphatic heterocycles. The van der Waals surface area contributed by atoms with Crippen LogP contribution in [0.2, 0.25) is 0 Å². The summed E-state index contributed by atoms with van der Waals surface area (Å²) in [4.78, 5) is 26.1. The van der Waals surface area contributed by atoms with E-state index >= 15 is 0 Å². The number of amides is 1. The Morgan fingerprint density at radius 2 is 1.79 bits per heavy atom. The molecule has 0 saturated carbocycles. The van der Waals surface area contributed by atoms with Crippen molar-refractivity contribution in [2.45, 2.75) is 20.4 Å². The van der Waals surface area contributed by atoms with Gasteiger partial charge in [-0.1, -0.05) is 38.1 Å². The Kier molecular flexibility index (Phi) is 7.60. The summed E-state index contributed by atoms with van der Waals surface area (Å²) < 4.78 is 33.3. The van der Waals surface area contributed by atoms with Gasteiger partial charge in [0.05, 0.1) is 24.3 Å². The highest BCUT2D eigenvalue weighted by atomic mass is 19.1. The Hall–Kier alpha value is -3.91. The summed E-state index contributed by atoms with van der Waals surface area (Å²) in [6, 6.07) is 17.2. The molecule has 0 radical (unpaired) electrons. The highest BCUT2D eigenvalue weighted by Crippen LogP contribution is 2.30. The fraction of sp³-hybridized carbons (Fsp3) is 0.300. The lowest BCUT2D eigenvalue weighted by Gasteiger charge is -2.28. The van der Waals surface area contributed by atoms with Crippen LogP contribution in [-0.2, 0) is 11.3 Å². The van der Waals surface area contributed by atoms with E-state index in [0.29, 0.717) is 26.3 Å². The molecule has 3 aromatic carbocycles. The molecule has 38 heavy (non-hydrogen) atoms. The largest absolute Gasteiger partial charge is 0.378 e. The molecule has 196 valence electrons. The summed E-state index contributed by atoms with van der Waals surface area (Å²) in [5, 5.41) is 0.973. The maximum Gasteiger partial charge on any atom is 0.257 e. The summed E-state index contributed by atoms with van der Waals surface area (Å²) in [5.74, 6) is -0.956. The van der Waals surface area contributed by atoms with E-state index in [1.54, 1.807) is 11.2 Å². The topological polar surface area (TPSA) is 58.6 Å². The van der Waals surface area contributed by atoms with Crippen molar-refractivity contribution in [1.29, 1.82) is 0 Å². The average molecular weight is 517 g/mol. The summed E-state index contributed by atoms with van der Waals surface area (Å²) in [5.41, 5.74) is 3.66. The Balaban J connectivity index is 1.45. The third-order valence-corrected chi connectivity index (χ3v) is 6.59. The van der Waals surface area contributed by atoms with Gasteiger partial charge in [0, 0.05) is 37.6 Å². The standard InChI is InChI=1S/C30H30F2N4O2/c1-20(2)17-36(30(37)25-8-7-24(31)16-27(25)32)18-21-4-3-5-22(14-21)23-6-9-28-26(15-23)29(34-19-33-28)35-10-12-38-13-11-35/h3-9,14-16,19-20H,10-13,17-18H2,1-2H3. The van der Waals surface area contributed by atoms with Gasteiger partial charge in [0.2, 0.25) is 0 Å². The summed E-state index contributed by atoms with van der Waals surface area (Å²) in [7, 11) is 0. The van der Waals surface area contributed by atoms with Crippen LogP contribution in [0.5, 0.6) is 0 Å². The minimum atomic E-state index is -0.855. The van der Waals surface area contributed by atoms with Crippen molar-refractivity contribution in [2.75, 3.05) is 37.7 Å². The number of halogens is 2. The zero-order chi connectivity index (χ0) is 26.6. The second kappa shape index (κ2) is 11.2. The second-order valence-electron chi connectivity index (χ2n) is 9.93. The lowest BCUT2D eigenvalue weighted by atomic mass is 10.0. The van der Waals surface area contributed by atoms with Gasteiger partial charge in [-0.2, -0.15) is 0 Å². The molecule has 8 heteroatoms. The highest BCUT2D eigenvalue weighted by Gasteiger charge is 2.21. The number of carbonyl (C=O) groups excluding carboxylic acids is 1. The van der Waals surface area contributed by atoms with E-state index < -0.39 is 17.5 Å². The fourth-order valence-corrected chi connectivity index (χ4v) is 4.81. The van der Waals surface area contributed by atoms with E-state index in [2.05, 4.69) is 20.9 Å². The first kappa shape index (κ1) is 25.7. The lowest BCUT2D eigenvalue weighted by molar-refractivity contribution is 0.0717. The smallest absolute Gasteiger partial charge is 0.257 e. The van der Waals surface area contributed by atoms with E-state index in [4.69, 9.17) is 4.74 Å². The number of morpholine rings is 1. The number of hydrogen-bond donors (Lipinski definition) is 0. The van der Waals surface area contributed by atoms with E-state index in [9.17, 15) is 13.6 Å². The summed E-state index contributed by atoms with van der Waals surface area (Å²) >= 11 is 0. The number of nitrogens with zero attached hydrogens (tertiary/aromatic N) is 4. The van der Waals surface area contributed by atoms with Crippen molar-refractivity contribution < 1.29 is 18.3 Å². The molecule has 0 aliphatic carbocycles. The van der Waals surface area contributed by atoms with E-state index in [0.717, 1.165) is 58.6 Å². The van der Waals surface area contributed by atoms with Crippen LogP contribution < -0.4 is 4.90 Å². The summed E-state index contributed by atoms with van der Waals surface area (Å²) in [6.07, 6.45) is 1.59. The van der Waals surface area contributed by atoms with Crippen molar-refractivity contribution in [3.05, 3.63) is 89.8 Å². The van der Waals surface area contributed by atoms with Crippen molar-refractivity contribution >= 4 is 22.6 Å². The van der Waals surface area contributed by atoms with Gasteiger partial charge in [0.25, 0.3) is 5.91 Å². The number of anilines is 1. The molecule has 2 heterocycles. The van der Waals surface area contributed by atoms with Crippen LogP contribution in [0.25, 0.3) is 22.0 Å². The highest BCUT2D eigenvalue weighted by molar-refractivity contribution is 5.95. The Labute approximate surface area is 220 Å². The van der Waals surface area contributed by atoms with Gasteiger partial charge in [-0.05, 0) is 52.9 Å². The first-order chi connectivity index (χ1) is 18.4. The van der Waals surface area contributed by atoms with E-state index in [1.165, 1.54) is 6.07 Å². The predicted octanol–water partition coefficient (Wildman–Crippen LogP) is 5.71. The number of carbonyl (C=O) groups is 1. The Morgan fingerprint density at radius 1 is 1.00 bits per heavy atom. The molecule has 0 N–H and O–H groups in total. The average Bonchev–Trinajstić information content (AvgIpc) is 2.92. The molecule has 0 spiro atoms. The third-order valence-electron chi connectivity index (χ3n) is 6.59. The molecular formula is C30H30F2N4O2. The molecule has 1 aliphatic rings.